The van der Waals surface area contributed by atoms with Crippen LogP contribution in [0.2, 0.25) is 0 Å². The number of carbonyl (C=O) groups excluding carboxylic acids is 1. The van der Waals surface area contributed by atoms with Gasteiger partial charge in [-0.2, -0.15) is 0 Å². The maximum absolute atomic E-state index is 10.5. The quantitative estimate of drug-likeness (QED) is 0.435. The second-order valence-electron chi connectivity index (χ2n) is 2.25. The average Bonchev–Trinajstić information content (AvgIpc) is 1.78. The van der Waals surface area contributed by atoms with E-state index in [1.807, 2.05) is 0 Å². The largest absolute Gasteiger partial charge is 0.461 e. The van der Waals surface area contributed by atoms with Crippen molar-refractivity contribution in [3.63, 3.8) is 0 Å². The van der Waals surface area contributed by atoms with Crippen LogP contribution in [0.4, 0.5) is 0 Å². The van der Waals surface area contributed by atoms with Crippen molar-refractivity contribution in [2.24, 2.45) is 5.73 Å². The minimum atomic E-state index is -0.278. The van der Waals surface area contributed by atoms with Crippen molar-refractivity contribution >= 4 is 35.5 Å². The van der Waals surface area contributed by atoms with Gasteiger partial charge in [0.05, 0.1) is 6.54 Å². The summed E-state index contributed by atoms with van der Waals surface area (Å²) in [5, 5.41) is 0. The Morgan fingerprint density at radius 3 is 2.50 bits per heavy atom. The zero-order valence-electron chi connectivity index (χ0n) is 6.30. The van der Waals surface area contributed by atoms with E-state index < -0.39 is 0 Å². The molecule has 10 heavy (non-hydrogen) atoms. The van der Waals surface area contributed by atoms with Crippen LogP contribution in [0, 0.1) is 0 Å². The number of hydrogen-bond acceptors (Lipinski definition) is 3. The van der Waals surface area contributed by atoms with Gasteiger partial charge in [-0.05, 0) is 19.3 Å². The Labute approximate surface area is 82.6 Å². The van der Waals surface area contributed by atoms with E-state index in [-0.39, 0.29) is 48.2 Å². The van der Waals surface area contributed by atoms with Gasteiger partial charge in [-0.25, -0.2) is 0 Å². The van der Waals surface area contributed by atoms with Gasteiger partial charge in [0, 0.05) is 29.6 Å². The van der Waals surface area contributed by atoms with Crippen molar-refractivity contribution < 1.29 is 9.53 Å². The third-order valence-corrected chi connectivity index (χ3v) is 1.52. The van der Waals surface area contributed by atoms with Crippen molar-refractivity contribution in [1.29, 1.82) is 0 Å². The number of nitrogens with two attached hydrogens (primary N) is 1. The van der Waals surface area contributed by atoms with Crippen molar-refractivity contribution in [2.75, 3.05) is 6.54 Å². The first-order valence-electron chi connectivity index (χ1n) is 3.22. The molecule has 1 aliphatic rings. The molecule has 1 aliphatic carbocycles. The summed E-state index contributed by atoms with van der Waals surface area (Å²) in [6.07, 6.45) is 3.40. The molecule has 0 aromatic rings. The minimum Gasteiger partial charge on any atom is -0.461 e. The molecule has 0 aromatic heterocycles. The standard InChI is InChI=1S/C6H11NO2.Na/c7-4-6(8)9-5-2-1-3-5;/h5H,1-4,7H2;. The first-order chi connectivity index (χ1) is 4.33. The predicted octanol–water partition coefficient (Wildman–Crippen LogP) is -0.340. The molecule has 4 heteroatoms. The van der Waals surface area contributed by atoms with Gasteiger partial charge >= 0.3 is 5.97 Å². The van der Waals surface area contributed by atoms with Crippen LogP contribution in [0.25, 0.3) is 0 Å². The maximum Gasteiger partial charge on any atom is 0.319 e. The van der Waals surface area contributed by atoms with Gasteiger partial charge in [0.1, 0.15) is 6.10 Å². The number of hydrogen-bond donors (Lipinski definition) is 1. The first kappa shape index (κ1) is 10.4. The normalized spacial score (nSPS) is 16.9. The summed E-state index contributed by atoms with van der Waals surface area (Å²) < 4.78 is 4.87. The average molecular weight is 152 g/mol. The molecule has 1 saturated carbocycles. The SMILES string of the molecule is NCC(=O)OC1CCC1.[Na]. The van der Waals surface area contributed by atoms with Gasteiger partial charge in [0.25, 0.3) is 0 Å². The molecule has 0 bridgehead atoms. The molecule has 2 N–H and O–H groups in total. The summed E-state index contributed by atoms with van der Waals surface area (Å²) in [5.74, 6) is -0.278. The molecule has 0 aliphatic heterocycles. The van der Waals surface area contributed by atoms with E-state index >= 15 is 0 Å². The van der Waals surface area contributed by atoms with Crippen LogP contribution in [0.5, 0.6) is 0 Å². The van der Waals surface area contributed by atoms with E-state index in [4.69, 9.17) is 10.5 Å². The van der Waals surface area contributed by atoms with Gasteiger partial charge in [0.2, 0.25) is 0 Å². The Bertz CT molecular complexity index is 114. The van der Waals surface area contributed by atoms with Crippen LogP contribution >= 0.6 is 0 Å². The minimum absolute atomic E-state index is 0. The van der Waals surface area contributed by atoms with E-state index in [0.717, 1.165) is 12.8 Å². The Morgan fingerprint density at radius 1 is 1.60 bits per heavy atom. The summed E-state index contributed by atoms with van der Waals surface area (Å²) in [5.41, 5.74) is 5.02. The maximum atomic E-state index is 10.5. The molecular formula is C6H11NNaO2. The fourth-order valence-electron chi connectivity index (χ4n) is 0.723. The predicted molar refractivity (Wildman–Crippen MR) is 38.5 cm³/mol. The van der Waals surface area contributed by atoms with Crippen molar-refractivity contribution in [2.45, 2.75) is 25.4 Å². The molecule has 0 unspecified atom stereocenters. The van der Waals surface area contributed by atoms with Crippen LogP contribution in [-0.2, 0) is 9.53 Å². The Kier molecular flexibility index (Phi) is 5.35. The van der Waals surface area contributed by atoms with Gasteiger partial charge in [0.15, 0.2) is 0 Å². The molecular weight excluding hydrogens is 141 g/mol. The summed E-state index contributed by atoms with van der Waals surface area (Å²) in [6.45, 7) is 0.0104. The molecule has 1 rings (SSSR count). The van der Waals surface area contributed by atoms with Crippen LogP contribution < -0.4 is 5.73 Å². The first-order valence-corrected chi connectivity index (χ1v) is 3.22. The summed E-state index contributed by atoms with van der Waals surface area (Å²) >= 11 is 0. The van der Waals surface area contributed by atoms with E-state index in [0.29, 0.717) is 0 Å². The molecule has 0 saturated heterocycles. The number of carbonyl (C=O) groups is 1. The summed E-state index contributed by atoms with van der Waals surface area (Å²) in [4.78, 5) is 10.5. The van der Waals surface area contributed by atoms with Crippen molar-refractivity contribution in [1.82, 2.24) is 0 Å². The van der Waals surface area contributed by atoms with Crippen molar-refractivity contribution in [3.8, 4) is 0 Å². The second kappa shape index (κ2) is 5.13. The molecule has 0 amide bonds. The zero-order chi connectivity index (χ0) is 6.69. The van der Waals surface area contributed by atoms with Gasteiger partial charge in [-0.1, -0.05) is 0 Å². The van der Waals surface area contributed by atoms with E-state index in [2.05, 4.69) is 0 Å². The molecule has 0 aromatic carbocycles. The van der Waals surface area contributed by atoms with Gasteiger partial charge in [-0.15, -0.1) is 0 Å². The monoisotopic (exact) mass is 152 g/mol. The molecule has 3 nitrogen and oxygen atoms in total. The molecule has 0 spiro atoms. The molecule has 53 valence electrons. The molecule has 0 heterocycles. The zero-order valence-corrected chi connectivity index (χ0v) is 8.30. The Balaban J connectivity index is 0.000000810. The van der Waals surface area contributed by atoms with Crippen LogP contribution in [0.3, 0.4) is 0 Å². The third kappa shape index (κ3) is 3.01. The smallest absolute Gasteiger partial charge is 0.319 e. The van der Waals surface area contributed by atoms with Crippen molar-refractivity contribution in [3.05, 3.63) is 0 Å². The van der Waals surface area contributed by atoms with Gasteiger partial charge < -0.3 is 10.5 Å². The second-order valence-corrected chi connectivity index (χ2v) is 2.25. The number of esters is 1. The fourth-order valence-corrected chi connectivity index (χ4v) is 0.723. The summed E-state index contributed by atoms with van der Waals surface area (Å²) in [6, 6.07) is 0. The Morgan fingerprint density at radius 2 is 2.20 bits per heavy atom. The van der Waals surface area contributed by atoms with E-state index in [1.54, 1.807) is 0 Å². The van der Waals surface area contributed by atoms with E-state index in [1.165, 1.54) is 6.42 Å². The molecule has 1 fully saturated rings. The topological polar surface area (TPSA) is 52.3 Å². The molecule has 0 atom stereocenters. The molecule has 1 radical (unpaired) electrons. The Hall–Kier alpha value is 0.430. The fraction of sp³-hybridized carbons (Fsp3) is 0.833. The number of ether oxygens (including phenoxy) is 1. The van der Waals surface area contributed by atoms with Crippen LogP contribution in [0.15, 0.2) is 0 Å². The number of rotatable bonds is 2. The third-order valence-electron chi connectivity index (χ3n) is 1.52. The van der Waals surface area contributed by atoms with E-state index in [9.17, 15) is 4.79 Å². The summed E-state index contributed by atoms with van der Waals surface area (Å²) in [7, 11) is 0. The van der Waals surface area contributed by atoms with Crippen LogP contribution in [0.1, 0.15) is 19.3 Å². The van der Waals surface area contributed by atoms with Gasteiger partial charge in [-0.3, -0.25) is 4.79 Å². The van der Waals surface area contributed by atoms with Crippen LogP contribution in [-0.4, -0.2) is 48.2 Å².